The van der Waals surface area contributed by atoms with E-state index in [2.05, 4.69) is 9.89 Å². The molecule has 0 aliphatic heterocycles. The van der Waals surface area contributed by atoms with Crippen LogP contribution in [0, 0.1) is 10.1 Å². The summed E-state index contributed by atoms with van der Waals surface area (Å²) >= 11 is 0. The molecule has 0 N–H and O–H groups in total. The number of oxime groups is 1. The maximum atomic E-state index is 11.3. The van der Waals surface area contributed by atoms with Gasteiger partial charge in [0, 0.05) is 17.7 Å². The smallest absolute Gasteiger partial charge is 0.337 e. The highest BCUT2D eigenvalue weighted by Crippen LogP contribution is 2.12. The van der Waals surface area contributed by atoms with Crippen LogP contribution in [-0.4, -0.2) is 24.2 Å². The lowest BCUT2D eigenvalue weighted by atomic mass is 10.1. The Morgan fingerprint density at radius 1 is 1.26 bits per heavy atom. The van der Waals surface area contributed by atoms with Crippen LogP contribution in [0.3, 0.4) is 0 Å². The highest BCUT2D eigenvalue weighted by Gasteiger charge is 2.05. The Balaban J connectivity index is 1.90. The van der Waals surface area contributed by atoms with Crippen molar-refractivity contribution in [2.75, 3.05) is 7.11 Å². The molecule has 0 saturated heterocycles. The SMILES string of the molecule is COC(=O)c1ccc(CON=Cc2cccc([N+](=O)[O-])c2)cc1. The third kappa shape index (κ3) is 4.63. The molecule has 0 atom stereocenters. The zero-order chi connectivity index (χ0) is 16.7. The first-order valence-corrected chi connectivity index (χ1v) is 6.67. The summed E-state index contributed by atoms with van der Waals surface area (Å²) in [5, 5.41) is 14.4. The third-order valence-electron chi connectivity index (χ3n) is 2.96. The van der Waals surface area contributed by atoms with Gasteiger partial charge in [-0.15, -0.1) is 0 Å². The molecule has 23 heavy (non-hydrogen) atoms. The van der Waals surface area contributed by atoms with Crippen molar-refractivity contribution in [3.8, 4) is 0 Å². The Hall–Kier alpha value is -3.22. The van der Waals surface area contributed by atoms with E-state index in [-0.39, 0.29) is 12.3 Å². The van der Waals surface area contributed by atoms with Crippen LogP contribution in [0.15, 0.2) is 53.7 Å². The molecule has 0 aliphatic carbocycles. The molecule has 0 aliphatic rings. The summed E-state index contributed by atoms with van der Waals surface area (Å²) in [7, 11) is 1.32. The van der Waals surface area contributed by atoms with Gasteiger partial charge in [-0.05, 0) is 17.7 Å². The Morgan fingerprint density at radius 3 is 2.65 bits per heavy atom. The number of benzene rings is 2. The Kier molecular flexibility index (Phi) is 5.40. The highest BCUT2D eigenvalue weighted by atomic mass is 16.6. The lowest BCUT2D eigenvalue weighted by molar-refractivity contribution is -0.384. The second-order valence-electron chi connectivity index (χ2n) is 4.55. The molecule has 0 amide bonds. The van der Waals surface area contributed by atoms with Crippen molar-refractivity contribution in [3.63, 3.8) is 0 Å². The van der Waals surface area contributed by atoms with Crippen LogP contribution < -0.4 is 0 Å². The number of rotatable bonds is 6. The van der Waals surface area contributed by atoms with Crippen LogP contribution in [0.4, 0.5) is 5.69 Å². The van der Waals surface area contributed by atoms with Crippen LogP contribution in [0.25, 0.3) is 0 Å². The third-order valence-corrected chi connectivity index (χ3v) is 2.96. The first kappa shape index (κ1) is 16.2. The van der Waals surface area contributed by atoms with Crippen molar-refractivity contribution in [3.05, 3.63) is 75.3 Å². The number of carbonyl (C=O) groups is 1. The maximum absolute atomic E-state index is 11.3. The second kappa shape index (κ2) is 7.69. The van der Waals surface area contributed by atoms with Gasteiger partial charge in [0.15, 0.2) is 0 Å². The summed E-state index contributed by atoms with van der Waals surface area (Å²) < 4.78 is 4.61. The number of nitrogens with zero attached hydrogens (tertiary/aromatic N) is 2. The summed E-state index contributed by atoms with van der Waals surface area (Å²) in [6, 6.07) is 12.8. The highest BCUT2D eigenvalue weighted by molar-refractivity contribution is 5.89. The first-order chi connectivity index (χ1) is 11.1. The number of hydrogen-bond donors (Lipinski definition) is 0. The number of nitro benzene ring substituents is 1. The fraction of sp³-hybridized carbons (Fsp3) is 0.125. The van der Waals surface area contributed by atoms with E-state index in [4.69, 9.17) is 4.84 Å². The summed E-state index contributed by atoms with van der Waals surface area (Å²) in [5.74, 6) is -0.402. The maximum Gasteiger partial charge on any atom is 0.337 e. The van der Waals surface area contributed by atoms with E-state index in [0.717, 1.165) is 5.56 Å². The van der Waals surface area contributed by atoms with E-state index in [1.54, 1.807) is 36.4 Å². The van der Waals surface area contributed by atoms with E-state index >= 15 is 0 Å². The van der Waals surface area contributed by atoms with Gasteiger partial charge in [0.1, 0.15) is 6.61 Å². The molecular formula is C16H14N2O5. The molecule has 2 aromatic rings. The van der Waals surface area contributed by atoms with Crippen LogP contribution >= 0.6 is 0 Å². The first-order valence-electron chi connectivity index (χ1n) is 6.67. The zero-order valence-electron chi connectivity index (χ0n) is 12.3. The molecule has 2 rings (SSSR count). The molecule has 7 nitrogen and oxygen atoms in total. The predicted octanol–water partition coefficient (Wildman–Crippen LogP) is 2.93. The molecule has 0 unspecified atom stereocenters. The molecule has 0 radical (unpaired) electrons. The fourth-order valence-electron chi connectivity index (χ4n) is 1.78. The molecule has 0 heterocycles. The van der Waals surface area contributed by atoms with Gasteiger partial charge in [-0.2, -0.15) is 0 Å². The predicted molar refractivity (Wildman–Crippen MR) is 83.3 cm³/mol. The molecule has 0 aromatic heterocycles. The minimum absolute atomic E-state index is 0.00708. The van der Waals surface area contributed by atoms with Crippen molar-refractivity contribution in [2.45, 2.75) is 6.61 Å². The molecule has 0 bridgehead atoms. The zero-order valence-corrected chi connectivity index (χ0v) is 12.3. The van der Waals surface area contributed by atoms with Gasteiger partial charge in [0.2, 0.25) is 0 Å². The Bertz CT molecular complexity index is 726. The molecule has 0 fully saturated rings. The second-order valence-corrected chi connectivity index (χ2v) is 4.55. The van der Waals surface area contributed by atoms with Crippen LogP contribution in [-0.2, 0) is 16.2 Å². The molecular weight excluding hydrogens is 300 g/mol. The van der Waals surface area contributed by atoms with Gasteiger partial charge in [-0.3, -0.25) is 10.1 Å². The number of hydrogen-bond acceptors (Lipinski definition) is 6. The van der Waals surface area contributed by atoms with Crippen molar-refractivity contribution in [1.29, 1.82) is 0 Å². The number of non-ortho nitro benzene ring substituents is 1. The van der Waals surface area contributed by atoms with E-state index in [9.17, 15) is 14.9 Å². The van der Waals surface area contributed by atoms with Crippen molar-refractivity contribution in [1.82, 2.24) is 0 Å². The monoisotopic (exact) mass is 314 g/mol. The van der Waals surface area contributed by atoms with Crippen LogP contribution in [0.1, 0.15) is 21.5 Å². The largest absolute Gasteiger partial charge is 0.465 e. The standard InChI is InChI=1S/C16H14N2O5/c1-22-16(19)14-7-5-12(6-8-14)11-23-17-10-13-3-2-4-15(9-13)18(20)21/h2-10H,11H2,1H3. The van der Waals surface area contributed by atoms with E-state index in [1.807, 2.05) is 0 Å². The Labute approximate surface area is 132 Å². The lowest BCUT2D eigenvalue weighted by Crippen LogP contribution is -2.01. The average molecular weight is 314 g/mol. The van der Waals surface area contributed by atoms with Crippen LogP contribution in [0.5, 0.6) is 0 Å². The summed E-state index contributed by atoms with van der Waals surface area (Å²) in [5.41, 5.74) is 1.85. The van der Waals surface area contributed by atoms with Crippen molar-refractivity contribution < 1.29 is 19.3 Å². The van der Waals surface area contributed by atoms with Gasteiger partial charge in [0.05, 0.1) is 23.8 Å². The topological polar surface area (TPSA) is 91.0 Å². The molecule has 7 heteroatoms. The van der Waals surface area contributed by atoms with E-state index in [1.165, 1.54) is 25.5 Å². The van der Waals surface area contributed by atoms with Gasteiger partial charge < -0.3 is 9.57 Å². The quantitative estimate of drug-likeness (QED) is 0.354. The average Bonchev–Trinajstić information content (AvgIpc) is 2.59. The lowest BCUT2D eigenvalue weighted by Gasteiger charge is -2.02. The van der Waals surface area contributed by atoms with Gasteiger partial charge >= 0.3 is 5.97 Å². The number of methoxy groups -OCH3 is 1. The summed E-state index contributed by atoms with van der Waals surface area (Å²) in [4.78, 5) is 26.6. The van der Waals surface area contributed by atoms with E-state index < -0.39 is 10.9 Å². The van der Waals surface area contributed by atoms with Gasteiger partial charge in [-0.25, -0.2) is 4.79 Å². The number of ether oxygens (including phenoxy) is 1. The van der Waals surface area contributed by atoms with Crippen molar-refractivity contribution >= 4 is 17.9 Å². The normalized spacial score (nSPS) is 10.5. The number of nitro groups is 1. The molecule has 2 aromatic carbocycles. The minimum atomic E-state index is -0.471. The molecule has 0 saturated carbocycles. The fourth-order valence-corrected chi connectivity index (χ4v) is 1.78. The summed E-state index contributed by atoms with van der Waals surface area (Å²) in [6.45, 7) is 0.215. The summed E-state index contributed by atoms with van der Waals surface area (Å²) in [6.07, 6.45) is 1.40. The van der Waals surface area contributed by atoms with Gasteiger partial charge in [-0.1, -0.05) is 29.4 Å². The van der Waals surface area contributed by atoms with E-state index in [0.29, 0.717) is 11.1 Å². The van der Waals surface area contributed by atoms with Crippen molar-refractivity contribution in [2.24, 2.45) is 5.16 Å². The number of carbonyl (C=O) groups excluding carboxylic acids is 1. The molecule has 0 spiro atoms. The van der Waals surface area contributed by atoms with Crippen LogP contribution in [0.2, 0.25) is 0 Å². The van der Waals surface area contributed by atoms with Gasteiger partial charge in [0.25, 0.3) is 5.69 Å². The Morgan fingerprint density at radius 2 is 2.00 bits per heavy atom. The molecule has 118 valence electrons. The minimum Gasteiger partial charge on any atom is -0.465 e. The number of esters is 1.